The first-order valence-corrected chi connectivity index (χ1v) is 11.8. The highest BCUT2D eigenvalue weighted by Gasteiger charge is 2.49. The van der Waals surface area contributed by atoms with Crippen LogP contribution in [0.2, 0.25) is 0 Å². The molecule has 0 radical (unpaired) electrons. The number of allylic oxidation sites excluding steroid dienone is 2. The molecule has 1 fully saturated rings. The van der Waals surface area contributed by atoms with Crippen LogP contribution >= 0.6 is 0 Å². The van der Waals surface area contributed by atoms with E-state index in [0.717, 1.165) is 18.8 Å². The first-order valence-electron chi connectivity index (χ1n) is 11.8. The highest BCUT2D eigenvalue weighted by Crippen LogP contribution is 2.63. The third-order valence-electron chi connectivity index (χ3n) is 7.85. The van der Waals surface area contributed by atoms with Crippen molar-refractivity contribution in [3.63, 3.8) is 0 Å². The van der Waals surface area contributed by atoms with Crippen molar-refractivity contribution in [1.29, 1.82) is 0 Å². The quantitative estimate of drug-likeness (QED) is 0.401. The van der Waals surface area contributed by atoms with Crippen molar-refractivity contribution in [2.75, 3.05) is 6.61 Å². The normalized spacial score (nSPS) is 24.6. The number of ether oxygens (including phenoxy) is 1. The van der Waals surface area contributed by atoms with Gasteiger partial charge in [-0.2, -0.15) is 0 Å². The SMILES string of the molecule is CCCOc1ccc(-c2ccc3c(c2)-c2cc(C)c(C)cc2[C@H]2C4C=CC(C4)[C@@H]32)cc1. The van der Waals surface area contributed by atoms with E-state index in [1.54, 1.807) is 11.1 Å². The molecule has 1 heteroatoms. The van der Waals surface area contributed by atoms with Gasteiger partial charge in [-0.1, -0.05) is 55.5 Å². The molecule has 4 atom stereocenters. The van der Waals surface area contributed by atoms with Gasteiger partial charge in [0.1, 0.15) is 5.75 Å². The molecule has 31 heavy (non-hydrogen) atoms. The Bertz CT molecular complexity index is 1180. The van der Waals surface area contributed by atoms with Gasteiger partial charge in [-0.3, -0.25) is 0 Å². The Labute approximate surface area is 185 Å². The van der Waals surface area contributed by atoms with Crippen molar-refractivity contribution in [3.8, 4) is 28.0 Å². The molecule has 0 spiro atoms. The molecule has 0 heterocycles. The second-order valence-electron chi connectivity index (χ2n) is 9.70. The van der Waals surface area contributed by atoms with Crippen molar-refractivity contribution in [3.05, 3.63) is 89.0 Å². The van der Waals surface area contributed by atoms with Crippen molar-refractivity contribution >= 4 is 0 Å². The molecule has 0 aliphatic heterocycles. The van der Waals surface area contributed by atoms with Crippen LogP contribution in [0.3, 0.4) is 0 Å². The molecule has 0 amide bonds. The predicted molar refractivity (Wildman–Crippen MR) is 129 cm³/mol. The second-order valence-corrected chi connectivity index (χ2v) is 9.70. The number of fused-ring (bicyclic) bond motifs is 10. The topological polar surface area (TPSA) is 9.23 Å². The molecule has 3 aromatic rings. The molecule has 0 saturated heterocycles. The van der Waals surface area contributed by atoms with Crippen LogP contribution in [0.5, 0.6) is 5.75 Å². The lowest BCUT2D eigenvalue weighted by Crippen LogP contribution is -2.22. The summed E-state index contributed by atoms with van der Waals surface area (Å²) in [7, 11) is 0. The fourth-order valence-electron chi connectivity index (χ4n) is 6.24. The van der Waals surface area contributed by atoms with Gasteiger partial charge in [-0.15, -0.1) is 0 Å². The van der Waals surface area contributed by atoms with Gasteiger partial charge in [-0.05, 0) is 113 Å². The average Bonchev–Trinajstić information content (AvgIpc) is 3.41. The van der Waals surface area contributed by atoms with E-state index in [1.807, 2.05) is 0 Å². The molecule has 2 bridgehead atoms. The fourth-order valence-corrected chi connectivity index (χ4v) is 6.24. The van der Waals surface area contributed by atoms with E-state index in [-0.39, 0.29) is 0 Å². The van der Waals surface area contributed by atoms with Crippen LogP contribution in [0.25, 0.3) is 22.3 Å². The summed E-state index contributed by atoms with van der Waals surface area (Å²) in [5.41, 5.74) is 11.4. The molecule has 3 aliphatic rings. The lowest BCUT2D eigenvalue weighted by atomic mass is 9.66. The van der Waals surface area contributed by atoms with Gasteiger partial charge in [0.05, 0.1) is 6.61 Å². The zero-order valence-corrected chi connectivity index (χ0v) is 18.7. The molecular formula is C30H30O. The summed E-state index contributed by atoms with van der Waals surface area (Å²) in [6, 6.07) is 20.7. The molecule has 3 aliphatic carbocycles. The largest absolute Gasteiger partial charge is 0.494 e. The maximum absolute atomic E-state index is 5.78. The standard InChI is InChI=1S/C30H30O/c1-4-13-31-24-10-7-20(8-11-24)21-9-12-25-27(17-21)26-14-18(2)19(3)15-28(26)30-23-6-5-22(16-23)29(25)30/h5-12,14-15,17,22-23,29-30H,4,13,16H2,1-3H3/t22?,23?,29-,30+/m0/s1. The molecule has 3 aromatic carbocycles. The number of rotatable bonds is 4. The van der Waals surface area contributed by atoms with Crippen molar-refractivity contribution < 1.29 is 4.74 Å². The van der Waals surface area contributed by atoms with Crippen LogP contribution in [-0.4, -0.2) is 6.61 Å². The highest BCUT2D eigenvalue weighted by molar-refractivity contribution is 5.82. The Balaban J connectivity index is 1.47. The zero-order valence-electron chi connectivity index (χ0n) is 18.7. The van der Waals surface area contributed by atoms with Gasteiger partial charge in [0.25, 0.3) is 0 Å². The monoisotopic (exact) mass is 406 g/mol. The van der Waals surface area contributed by atoms with Crippen LogP contribution in [0.15, 0.2) is 66.7 Å². The average molecular weight is 407 g/mol. The first kappa shape index (κ1) is 18.9. The molecule has 0 aromatic heterocycles. The molecule has 1 saturated carbocycles. The molecule has 6 rings (SSSR count). The van der Waals surface area contributed by atoms with Crippen LogP contribution in [0.1, 0.15) is 53.9 Å². The van der Waals surface area contributed by atoms with Crippen molar-refractivity contribution in [2.24, 2.45) is 11.8 Å². The lowest BCUT2D eigenvalue weighted by molar-refractivity contribution is 0.317. The van der Waals surface area contributed by atoms with Crippen LogP contribution in [0, 0.1) is 25.7 Å². The van der Waals surface area contributed by atoms with Gasteiger partial charge in [-0.25, -0.2) is 0 Å². The first-order chi connectivity index (χ1) is 15.1. The van der Waals surface area contributed by atoms with E-state index in [2.05, 4.69) is 87.5 Å². The summed E-state index contributed by atoms with van der Waals surface area (Å²) in [5, 5.41) is 0. The van der Waals surface area contributed by atoms with E-state index >= 15 is 0 Å². The number of hydrogen-bond acceptors (Lipinski definition) is 1. The van der Waals surface area contributed by atoms with Crippen molar-refractivity contribution in [2.45, 2.75) is 45.4 Å². The Morgan fingerprint density at radius 3 is 2.13 bits per heavy atom. The maximum atomic E-state index is 5.78. The van der Waals surface area contributed by atoms with Gasteiger partial charge < -0.3 is 4.74 Å². The smallest absolute Gasteiger partial charge is 0.119 e. The van der Waals surface area contributed by atoms with E-state index in [9.17, 15) is 0 Å². The predicted octanol–water partition coefficient (Wildman–Crippen LogP) is 7.81. The van der Waals surface area contributed by atoms with E-state index in [0.29, 0.717) is 23.7 Å². The van der Waals surface area contributed by atoms with Gasteiger partial charge in [0.15, 0.2) is 0 Å². The molecule has 1 nitrogen and oxygen atoms in total. The highest BCUT2D eigenvalue weighted by atomic mass is 16.5. The minimum atomic E-state index is 0.637. The minimum Gasteiger partial charge on any atom is -0.494 e. The summed E-state index contributed by atoms with van der Waals surface area (Å²) < 4.78 is 5.78. The number of benzene rings is 3. The Morgan fingerprint density at radius 2 is 1.39 bits per heavy atom. The fraction of sp³-hybridized carbons (Fsp3) is 0.333. The second kappa shape index (κ2) is 7.12. The molecule has 156 valence electrons. The van der Waals surface area contributed by atoms with Gasteiger partial charge >= 0.3 is 0 Å². The summed E-state index contributed by atoms with van der Waals surface area (Å²) in [6.45, 7) is 7.43. The van der Waals surface area contributed by atoms with Gasteiger partial charge in [0, 0.05) is 0 Å². The summed E-state index contributed by atoms with van der Waals surface area (Å²) in [6.07, 6.45) is 7.34. The van der Waals surface area contributed by atoms with Crippen molar-refractivity contribution in [1.82, 2.24) is 0 Å². The third kappa shape index (κ3) is 2.90. The summed E-state index contributed by atoms with van der Waals surface area (Å²) in [4.78, 5) is 0. The van der Waals surface area contributed by atoms with Crippen LogP contribution < -0.4 is 4.74 Å². The van der Waals surface area contributed by atoms with E-state index in [1.165, 1.54) is 39.8 Å². The van der Waals surface area contributed by atoms with E-state index in [4.69, 9.17) is 4.74 Å². The van der Waals surface area contributed by atoms with Gasteiger partial charge in [0.2, 0.25) is 0 Å². The Hall–Kier alpha value is -2.80. The maximum Gasteiger partial charge on any atom is 0.119 e. The Kier molecular flexibility index (Phi) is 4.35. The lowest BCUT2D eigenvalue weighted by Gasteiger charge is -2.37. The van der Waals surface area contributed by atoms with E-state index < -0.39 is 0 Å². The van der Waals surface area contributed by atoms with Crippen LogP contribution in [-0.2, 0) is 0 Å². The van der Waals surface area contributed by atoms with Crippen LogP contribution in [0.4, 0.5) is 0 Å². The number of hydrogen-bond donors (Lipinski definition) is 0. The summed E-state index contributed by atoms with van der Waals surface area (Å²) >= 11 is 0. The molecule has 0 N–H and O–H groups in total. The minimum absolute atomic E-state index is 0.637. The third-order valence-corrected chi connectivity index (χ3v) is 7.85. The number of aryl methyl sites for hydroxylation is 2. The molecule has 2 unspecified atom stereocenters. The summed E-state index contributed by atoms with van der Waals surface area (Å²) in [5.74, 6) is 3.65. The molecular weight excluding hydrogens is 376 g/mol. The Morgan fingerprint density at radius 1 is 0.742 bits per heavy atom. The zero-order chi connectivity index (χ0) is 21.1.